The van der Waals surface area contributed by atoms with Gasteiger partial charge in [-0.2, -0.15) is 0 Å². The molecule has 0 fully saturated rings. The number of fused-ring (bicyclic) bond motifs is 9. The van der Waals surface area contributed by atoms with Gasteiger partial charge in [-0.25, -0.2) is 9.97 Å². The molecule has 0 saturated carbocycles. The van der Waals surface area contributed by atoms with Crippen LogP contribution in [0, 0.1) is 0 Å². The molecule has 41 heavy (non-hydrogen) atoms. The van der Waals surface area contributed by atoms with Crippen molar-refractivity contribution in [1.82, 2.24) is 19.9 Å². The lowest BCUT2D eigenvalue weighted by Crippen LogP contribution is -2.15. The van der Waals surface area contributed by atoms with Crippen LogP contribution in [0.5, 0.6) is 0 Å². The van der Waals surface area contributed by atoms with E-state index in [-0.39, 0.29) is 5.41 Å². The molecule has 8 aromatic rings. The quantitative estimate of drug-likeness (QED) is 0.236. The fraction of sp³-hybridized carbons (Fsp3) is 0.0811. The van der Waals surface area contributed by atoms with Crippen LogP contribution in [0.1, 0.15) is 25.0 Å². The van der Waals surface area contributed by atoms with Crippen molar-refractivity contribution in [3.63, 3.8) is 0 Å². The van der Waals surface area contributed by atoms with Crippen molar-refractivity contribution in [2.45, 2.75) is 19.3 Å². The summed E-state index contributed by atoms with van der Waals surface area (Å²) in [5, 5.41) is 4.95. The van der Waals surface area contributed by atoms with Crippen LogP contribution < -0.4 is 0 Å². The lowest BCUT2D eigenvalue weighted by Gasteiger charge is -2.20. The van der Waals surface area contributed by atoms with Gasteiger partial charge in [-0.15, -0.1) is 0 Å². The van der Waals surface area contributed by atoms with E-state index in [0.29, 0.717) is 0 Å². The number of rotatable bonds is 2. The molecule has 0 saturated heterocycles. The molecule has 9 rings (SSSR count). The monoisotopic (exact) mass is 526 g/mol. The fourth-order valence-electron chi connectivity index (χ4n) is 6.78. The third-order valence-electron chi connectivity index (χ3n) is 8.97. The minimum absolute atomic E-state index is 0.163. The average Bonchev–Trinajstić information content (AvgIpc) is 3.64. The highest BCUT2D eigenvalue weighted by molar-refractivity contribution is 6.09. The van der Waals surface area contributed by atoms with E-state index >= 15 is 0 Å². The normalized spacial score (nSPS) is 13.8. The van der Waals surface area contributed by atoms with E-state index < -0.39 is 0 Å². The summed E-state index contributed by atoms with van der Waals surface area (Å²) in [6.07, 6.45) is 0. The van der Waals surface area contributed by atoms with Gasteiger partial charge in [0.05, 0.1) is 22.8 Å². The van der Waals surface area contributed by atoms with Crippen LogP contribution in [0.4, 0.5) is 0 Å². The number of pyridine rings is 2. The van der Waals surface area contributed by atoms with E-state index in [9.17, 15) is 0 Å². The molecule has 4 heterocycles. The Balaban J connectivity index is 1.17. The highest BCUT2D eigenvalue weighted by atomic mass is 14.8. The molecule has 1 aliphatic rings. The molecule has 194 valence electrons. The largest absolute Gasteiger partial charge is 0.354 e. The van der Waals surface area contributed by atoms with E-state index in [1.165, 1.54) is 32.7 Å². The molecule has 0 atom stereocenters. The average molecular weight is 527 g/mol. The first-order valence-corrected chi connectivity index (χ1v) is 14.1. The van der Waals surface area contributed by atoms with Gasteiger partial charge in [0, 0.05) is 60.2 Å². The van der Waals surface area contributed by atoms with Crippen LogP contribution in [-0.2, 0) is 5.41 Å². The van der Waals surface area contributed by atoms with Crippen LogP contribution >= 0.6 is 0 Å². The molecule has 0 radical (unpaired) electrons. The number of para-hydroxylation sites is 2. The van der Waals surface area contributed by atoms with Crippen molar-refractivity contribution < 1.29 is 0 Å². The van der Waals surface area contributed by atoms with E-state index in [1.54, 1.807) is 0 Å². The molecule has 0 spiro atoms. The molecule has 0 aliphatic heterocycles. The van der Waals surface area contributed by atoms with Gasteiger partial charge < -0.3 is 9.97 Å². The van der Waals surface area contributed by atoms with Gasteiger partial charge in [0.1, 0.15) is 0 Å². The molecule has 1 aliphatic carbocycles. The number of aromatic amines is 2. The summed E-state index contributed by atoms with van der Waals surface area (Å²) in [6, 6.07) is 38.9. The topological polar surface area (TPSA) is 57.4 Å². The maximum Gasteiger partial charge on any atom is 0.0937 e. The summed E-state index contributed by atoms with van der Waals surface area (Å²) >= 11 is 0. The zero-order chi connectivity index (χ0) is 27.3. The lowest BCUT2D eigenvalue weighted by molar-refractivity contribution is 0.658. The zero-order valence-electron chi connectivity index (χ0n) is 22.8. The summed E-state index contributed by atoms with van der Waals surface area (Å²) in [5.41, 5.74) is 12.9. The summed E-state index contributed by atoms with van der Waals surface area (Å²) in [4.78, 5) is 17.7. The van der Waals surface area contributed by atoms with E-state index in [1.807, 2.05) is 0 Å². The maximum absolute atomic E-state index is 5.25. The Kier molecular flexibility index (Phi) is 4.36. The first kappa shape index (κ1) is 22.6. The molecular formula is C37H26N4. The summed E-state index contributed by atoms with van der Waals surface area (Å²) in [6.45, 7) is 4.54. The van der Waals surface area contributed by atoms with Crippen molar-refractivity contribution in [2.75, 3.05) is 0 Å². The van der Waals surface area contributed by atoms with Crippen molar-refractivity contribution >= 4 is 43.6 Å². The van der Waals surface area contributed by atoms with Crippen molar-refractivity contribution in [3.8, 4) is 33.9 Å². The highest BCUT2D eigenvalue weighted by Crippen LogP contribution is 2.48. The van der Waals surface area contributed by atoms with Gasteiger partial charge >= 0.3 is 0 Å². The maximum atomic E-state index is 5.25. The van der Waals surface area contributed by atoms with Crippen LogP contribution in [0.15, 0.2) is 109 Å². The third-order valence-corrected chi connectivity index (χ3v) is 8.97. The second-order valence-corrected chi connectivity index (χ2v) is 11.7. The highest BCUT2D eigenvalue weighted by Gasteiger charge is 2.38. The van der Waals surface area contributed by atoms with Gasteiger partial charge in [0.25, 0.3) is 0 Å². The molecule has 0 unspecified atom stereocenters. The van der Waals surface area contributed by atoms with Crippen LogP contribution in [-0.4, -0.2) is 19.9 Å². The molecule has 0 bridgehead atoms. The van der Waals surface area contributed by atoms with Gasteiger partial charge in [0.2, 0.25) is 0 Å². The zero-order valence-corrected chi connectivity index (χ0v) is 22.8. The van der Waals surface area contributed by atoms with Gasteiger partial charge in [0.15, 0.2) is 0 Å². The van der Waals surface area contributed by atoms with Gasteiger partial charge in [-0.1, -0.05) is 86.6 Å². The number of hydrogen-bond donors (Lipinski definition) is 2. The van der Waals surface area contributed by atoms with E-state index in [2.05, 4.69) is 133 Å². The molecule has 4 heteroatoms. The molecule has 0 amide bonds. The lowest BCUT2D eigenvalue weighted by atomic mass is 9.83. The number of benzene rings is 4. The second kappa shape index (κ2) is 7.92. The Morgan fingerprint density at radius 2 is 0.902 bits per heavy atom. The summed E-state index contributed by atoms with van der Waals surface area (Å²) < 4.78 is 0. The second-order valence-electron chi connectivity index (χ2n) is 11.7. The first-order valence-electron chi connectivity index (χ1n) is 14.1. The molecule has 4 aromatic carbocycles. The molecular weight excluding hydrogens is 500 g/mol. The Labute approximate surface area is 236 Å². The Morgan fingerprint density at radius 1 is 0.463 bits per heavy atom. The third kappa shape index (κ3) is 3.16. The smallest absolute Gasteiger partial charge is 0.0937 e. The molecule has 4 nitrogen and oxygen atoms in total. The fourth-order valence-corrected chi connectivity index (χ4v) is 6.78. The minimum atomic E-state index is -0.163. The molecule has 4 aromatic heterocycles. The summed E-state index contributed by atoms with van der Waals surface area (Å²) in [7, 11) is 0. The Morgan fingerprint density at radius 3 is 1.39 bits per heavy atom. The minimum Gasteiger partial charge on any atom is -0.354 e. The Hall–Kier alpha value is -5.22. The number of nitrogens with one attached hydrogen (secondary N) is 2. The van der Waals surface area contributed by atoms with Crippen molar-refractivity contribution in [3.05, 3.63) is 120 Å². The SMILES string of the molecule is CC1(C)c2ccc(-c3ccc4c(c3)[nH]c3ccccc34)nc2-c2nc(-c3ccc4c(c3)[nH]c3ccccc34)ccc21. The van der Waals surface area contributed by atoms with Gasteiger partial charge in [-0.3, -0.25) is 0 Å². The van der Waals surface area contributed by atoms with Crippen molar-refractivity contribution in [1.29, 1.82) is 0 Å². The van der Waals surface area contributed by atoms with Crippen LogP contribution in [0.2, 0.25) is 0 Å². The van der Waals surface area contributed by atoms with Crippen LogP contribution in [0.25, 0.3) is 77.5 Å². The number of hydrogen-bond acceptors (Lipinski definition) is 2. The first-order chi connectivity index (χ1) is 20.0. The van der Waals surface area contributed by atoms with Crippen molar-refractivity contribution in [2.24, 2.45) is 0 Å². The van der Waals surface area contributed by atoms with E-state index in [0.717, 1.165) is 56.0 Å². The predicted octanol–water partition coefficient (Wildman–Crippen LogP) is 9.39. The predicted molar refractivity (Wildman–Crippen MR) is 169 cm³/mol. The Bertz CT molecular complexity index is 2190. The standard InChI is InChI=1S/C37H26N4/c1-37(2)27-15-17-29(21-11-13-25-23-7-3-5-9-31(23)38-33(25)19-21)40-35(27)36-28(37)16-18-30(41-36)22-12-14-26-24-8-4-6-10-32(24)39-34(26)20-22/h3-20,38-39H,1-2H3. The number of nitrogens with zero attached hydrogens (tertiary/aromatic N) is 2. The summed E-state index contributed by atoms with van der Waals surface area (Å²) in [5.74, 6) is 0. The number of H-pyrrole nitrogens is 2. The number of aromatic nitrogens is 4. The molecule has 2 N–H and O–H groups in total. The van der Waals surface area contributed by atoms with E-state index in [4.69, 9.17) is 9.97 Å². The van der Waals surface area contributed by atoms with Crippen LogP contribution in [0.3, 0.4) is 0 Å². The van der Waals surface area contributed by atoms with Gasteiger partial charge in [-0.05, 0) is 47.5 Å².